The lowest BCUT2D eigenvalue weighted by molar-refractivity contribution is -0.136. The molecule has 4 nitrogen and oxygen atoms in total. The van der Waals surface area contributed by atoms with Crippen molar-refractivity contribution in [1.82, 2.24) is 4.98 Å². The monoisotopic (exact) mass is 258 g/mol. The zero-order valence-electron chi connectivity index (χ0n) is 8.81. The van der Waals surface area contributed by atoms with Gasteiger partial charge in [-0.05, 0) is 24.3 Å². The van der Waals surface area contributed by atoms with Crippen LogP contribution in [0, 0.1) is 0 Å². The summed E-state index contributed by atoms with van der Waals surface area (Å²) in [4.78, 5) is 14.8. The summed E-state index contributed by atoms with van der Waals surface area (Å²) in [7, 11) is 0. The number of nitrogens with zero attached hydrogens (tertiary/aromatic N) is 1. The Morgan fingerprint density at radius 3 is 3.00 bits per heavy atom. The van der Waals surface area contributed by atoms with E-state index in [-0.39, 0.29) is 6.42 Å². The third-order valence-corrected chi connectivity index (χ3v) is 4.30. The molecule has 2 rings (SSSR count). The second-order valence-corrected chi connectivity index (χ2v) is 5.83. The molecule has 0 radical (unpaired) electrons. The minimum Gasteiger partial charge on any atom is -0.481 e. The molecule has 0 aliphatic carbocycles. The van der Waals surface area contributed by atoms with Gasteiger partial charge in [0.1, 0.15) is 0 Å². The van der Waals surface area contributed by atoms with E-state index in [2.05, 4.69) is 10.3 Å². The Hall–Kier alpha value is -0.750. The van der Waals surface area contributed by atoms with Gasteiger partial charge in [-0.3, -0.25) is 4.79 Å². The van der Waals surface area contributed by atoms with Crippen molar-refractivity contribution >= 4 is 34.2 Å². The lowest BCUT2D eigenvalue weighted by atomic mass is 10.2. The van der Waals surface area contributed by atoms with Crippen LogP contribution >= 0.6 is 23.1 Å². The van der Waals surface area contributed by atoms with Crippen LogP contribution in [0.15, 0.2) is 5.38 Å². The van der Waals surface area contributed by atoms with Crippen LogP contribution in [0.25, 0.3) is 0 Å². The fourth-order valence-electron chi connectivity index (χ4n) is 1.63. The van der Waals surface area contributed by atoms with Gasteiger partial charge in [0.2, 0.25) is 0 Å². The number of anilines is 1. The first-order chi connectivity index (χ1) is 7.74. The average Bonchev–Trinajstić information content (AvgIpc) is 2.66. The zero-order valence-corrected chi connectivity index (χ0v) is 10.4. The number of hydrogen-bond acceptors (Lipinski definition) is 5. The number of aromatic nitrogens is 1. The number of carboxylic acid groups (broad SMARTS) is 1. The van der Waals surface area contributed by atoms with E-state index in [0.717, 1.165) is 5.13 Å². The number of rotatable bonds is 4. The largest absolute Gasteiger partial charge is 0.481 e. The fraction of sp³-hybridized carbons (Fsp3) is 0.600. The van der Waals surface area contributed by atoms with Crippen LogP contribution in [0.1, 0.15) is 18.5 Å². The van der Waals surface area contributed by atoms with Gasteiger partial charge in [0.15, 0.2) is 5.13 Å². The summed E-state index contributed by atoms with van der Waals surface area (Å²) in [6.45, 7) is 0. The number of nitrogens with one attached hydrogen (secondary N) is 1. The Labute approximate surface area is 102 Å². The molecule has 0 atom stereocenters. The summed E-state index contributed by atoms with van der Waals surface area (Å²) in [5, 5.41) is 14.7. The third-order valence-electron chi connectivity index (χ3n) is 2.43. The van der Waals surface area contributed by atoms with Gasteiger partial charge >= 0.3 is 5.97 Å². The Morgan fingerprint density at radius 1 is 1.56 bits per heavy atom. The number of thioether (sulfide) groups is 1. The number of aliphatic carboxylic acids is 1. The van der Waals surface area contributed by atoms with Gasteiger partial charge in [-0.25, -0.2) is 4.98 Å². The molecule has 0 unspecified atom stereocenters. The number of carbonyl (C=O) groups is 1. The van der Waals surface area contributed by atoms with Gasteiger partial charge in [0.25, 0.3) is 0 Å². The van der Waals surface area contributed by atoms with Crippen molar-refractivity contribution in [3.05, 3.63) is 11.1 Å². The van der Waals surface area contributed by atoms with Crippen LogP contribution in [0.4, 0.5) is 5.13 Å². The highest BCUT2D eigenvalue weighted by molar-refractivity contribution is 7.99. The lowest BCUT2D eigenvalue weighted by Gasteiger charge is -2.21. The molecule has 0 bridgehead atoms. The summed E-state index contributed by atoms with van der Waals surface area (Å²) in [6.07, 6.45) is 2.34. The third kappa shape index (κ3) is 3.38. The van der Waals surface area contributed by atoms with E-state index in [4.69, 9.17) is 5.11 Å². The van der Waals surface area contributed by atoms with E-state index >= 15 is 0 Å². The van der Waals surface area contributed by atoms with E-state index < -0.39 is 5.97 Å². The maximum absolute atomic E-state index is 10.5. The molecule has 1 aromatic heterocycles. The molecule has 88 valence electrons. The molecule has 0 spiro atoms. The SMILES string of the molecule is O=C(O)Cc1csc(NC2CCSCC2)n1. The van der Waals surface area contributed by atoms with E-state index in [1.807, 2.05) is 17.1 Å². The first kappa shape index (κ1) is 11.7. The van der Waals surface area contributed by atoms with Crippen molar-refractivity contribution in [3.8, 4) is 0 Å². The predicted octanol–water partition coefficient (Wildman–Crippen LogP) is 2.08. The molecule has 1 aromatic rings. The Bertz CT molecular complexity index is 361. The van der Waals surface area contributed by atoms with E-state index in [1.165, 1.54) is 35.7 Å². The molecule has 0 amide bonds. The van der Waals surface area contributed by atoms with Crippen LogP contribution in [0.5, 0.6) is 0 Å². The summed E-state index contributed by atoms with van der Waals surface area (Å²) in [5.41, 5.74) is 0.644. The second-order valence-electron chi connectivity index (χ2n) is 3.75. The van der Waals surface area contributed by atoms with Gasteiger partial charge in [-0.2, -0.15) is 11.8 Å². The molecule has 1 saturated heterocycles. The maximum Gasteiger partial charge on any atom is 0.309 e. The summed E-state index contributed by atoms with van der Waals surface area (Å²) < 4.78 is 0. The average molecular weight is 258 g/mol. The van der Waals surface area contributed by atoms with Crippen molar-refractivity contribution < 1.29 is 9.90 Å². The van der Waals surface area contributed by atoms with E-state index in [1.54, 1.807) is 0 Å². The molecule has 2 N–H and O–H groups in total. The van der Waals surface area contributed by atoms with Crippen molar-refractivity contribution in [2.75, 3.05) is 16.8 Å². The van der Waals surface area contributed by atoms with Crippen molar-refractivity contribution in [2.24, 2.45) is 0 Å². The lowest BCUT2D eigenvalue weighted by Crippen LogP contribution is -2.24. The number of carboxylic acids is 1. The van der Waals surface area contributed by atoms with Crippen LogP contribution in [0.3, 0.4) is 0 Å². The highest BCUT2D eigenvalue weighted by atomic mass is 32.2. The van der Waals surface area contributed by atoms with Crippen LogP contribution < -0.4 is 5.32 Å². The van der Waals surface area contributed by atoms with Gasteiger partial charge in [-0.15, -0.1) is 11.3 Å². The number of thiazole rings is 1. The van der Waals surface area contributed by atoms with Crippen molar-refractivity contribution in [1.29, 1.82) is 0 Å². The van der Waals surface area contributed by atoms with Gasteiger partial charge in [0, 0.05) is 11.4 Å². The topological polar surface area (TPSA) is 62.2 Å². The molecule has 2 heterocycles. The molecule has 1 aliphatic rings. The van der Waals surface area contributed by atoms with Crippen LogP contribution in [-0.2, 0) is 11.2 Å². The maximum atomic E-state index is 10.5. The Kier molecular flexibility index (Phi) is 4.06. The van der Waals surface area contributed by atoms with E-state index in [0.29, 0.717) is 11.7 Å². The summed E-state index contributed by atoms with van der Waals surface area (Å²) >= 11 is 3.48. The van der Waals surface area contributed by atoms with E-state index in [9.17, 15) is 4.79 Å². The summed E-state index contributed by atoms with van der Waals surface area (Å²) in [6, 6.07) is 0.505. The zero-order chi connectivity index (χ0) is 11.4. The quantitative estimate of drug-likeness (QED) is 0.865. The molecule has 1 fully saturated rings. The van der Waals surface area contributed by atoms with Crippen LogP contribution in [-0.4, -0.2) is 33.6 Å². The molecule has 16 heavy (non-hydrogen) atoms. The van der Waals surface area contributed by atoms with Crippen LogP contribution in [0.2, 0.25) is 0 Å². The number of hydrogen-bond donors (Lipinski definition) is 2. The van der Waals surface area contributed by atoms with Gasteiger partial charge in [0.05, 0.1) is 12.1 Å². The Morgan fingerprint density at radius 2 is 2.31 bits per heavy atom. The minimum absolute atomic E-state index is 0.0126. The molecular formula is C10H14N2O2S2. The first-order valence-electron chi connectivity index (χ1n) is 5.24. The van der Waals surface area contributed by atoms with Gasteiger partial charge < -0.3 is 10.4 Å². The minimum atomic E-state index is -0.828. The van der Waals surface area contributed by atoms with Gasteiger partial charge in [-0.1, -0.05) is 0 Å². The second kappa shape index (κ2) is 5.54. The smallest absolute Gasteiger partial charge is 0.309 e. The predicted molar refractivity (Wildman–Crippen MR) is 67.4 cm³/mol. The van der Waals surface area contributed by atoms with Crippen molar-refractivity contribution in [2.45, 2.75) is 25.3 Å². The normalized spacial score (nSPS) is 17.2. The first-order valence-corrected chi connectivity index (χ1v) is 7.28. The standard InChI is InChI=1S/C10H14N2O2S2/c13-9(14)5-8-6-16-10(12-8)11-7-1-3-15-4-2-7/h6-7H,1-5H2,(H,11,12)(H,13,14). The highest BCUT2D eigenvalue weighted by Gasteiger charge is 2.15. The molecule has 6 heteroatoms. The molecule has 1 aliphatic heterocycles. The Balaban J connectivity index is 1.88. The molecular weight excluding hydrogens is 244 g/mol. The molecule has 0 saturated carbocycles. The fourth-order valence-corrected chi connectivity index (χ4v) is 3.52. The summed E-state index contributed by atoms with van der Waals surface area (Å²) in [5.74, 6) is 1.57. The molecule has 0 aromatic carbocycles. The highest BCUT2D eigenvalue weighted by Crippen LogP contribution is 2.23. The van der Waals surface area contributed by atoms with Crippen molar-refractivity contribution in [3.63, 3.8) is 0 Å².